The minimum absolute atomic E-state index is 0.0544. The van der Waals surface area contributed by atoms with Crippen LogP contribution in [0.2, 0.25) is 0 Å². The lowest BCUT2D eigenvalue weighted by Gasteiger charge is -2.29. The summed E-state index contributed by atoms with van der Waals surface area (Å²) in [6.07, 6.45) is 5.17. The Morgan fingerprint density at radius 1 is 1.10 bits per heavy atom. The lowest BCUT2D eigenvalue weighted by atomic mass is 10.0. The Balaban J connectivity index is 1.30. The Bertz CT molecular complexity index is 1070. The van der Waals surface area contributed by atoms with E-state index in [2.05, 4.69) is 21.6 Å². The van der Waals surface area contributed by atoms with E-state index in [-0.39, 0.29) is 17.6 Å². The number of carbonyl (C=O) groups excluding carboxylic acids is 2. The van der Waals surface area contributed by atoms with Crippen LogP contribution >= 0.6 is 23.1 Å². The monoisotopic (exact) mass is 436 g/mol. The third-order valence-corrected chi connectivity index (χ3v) is 6.55. The van der Waals surface area contributed by atoms with Gasteiger partial charge in [-0.1, -0.05) is 71.6 Å². The zero-order chi connectivity index (χ0) is 20.8. The van der Waals surface area contributed by atoms with Crippen molar-refractivity contribution in [3.63, 3.8) is 0 Å². The Kier molecular flexibility index (Phi) is 6.56. The molecule has 1 N–H and O–H groups in total. The molecule has 2 aromatic carbocycles. The molecule has 0 fully saturated rings. The molecule has 1 aliphatic heterocycles. The molecular weight excluding hydrogens is 416 g/mol. The number of nitrogens with zero attached hydrogens (tertiary/aromatic N) is 3. The maximum atomic E-state index is 12.7. The van der Waals surface area contributed by atoms with Gasteiger partial charge in [0.1, 0.15) is 0 Å². The van der Waals surface area contributed by atoms with E-state index in [4.69, 9.17) is 0 Å². The van der Waals surface area contributed by atoms with Crippen molar-refractivity contribution in [3.05, 3.63) is 71.8 Å². The van der Waals surface area contributed by atoms with Crippen LogP contribution < -0.4 is 10.2 Å². The van der Waals surface area contributed by atoms with Crippen molar-refractivity contribution in [2.45, 2.75) is 17.2 Å². The molecule has 0 spiro atoms. The summed E-state index contributed by atoms with van der Waals surface area (Å²) in [7, 11) is 0. The molecule has 1 aliphatic rings. The van der Waals surface area contributed by atoms with Gasteiger partial charge in [-0.15, -0.1) is 10.2 Å². The van der Waals surface area contributed by atoms with E-state index < -0.39 is 0 Å². The number of anilines is 2. The van der Waals surface area contributed by atoms with Crippen LogP contribution in [-0.4, -0.2) is 34.3 Å². The van der Waals surface area contributed by atoms with Gasteiger partial charge in [0.2, 0.25) is 16.9 Å². The maximum absolute atomic E-state index is 12.7. The van der Waals surface area contributed by atoms with Crippen LogP contribution in [-0.2, 0) is 16.0 Å². The summed E-state index contributed by atoms with van der Waals surface area (Å²) < 4.78 is 0.649. The van der Waals surface area contributed by atoms with Crippen molar-refractivity contribution in [1.29, 1.82) is 0 Å². The van der Waals surface area contributed by atoms with Crippen molar-refractivity contribution in [3.8, 4) is 0 Å². The van der Waals surface area contributed by atoms with Crippen molar-refractivity contribution >= 4 is 51.8 Å². The summed E-state index contributed by atoms with van der Waals surface area (Å²) in [5.74, 6) is 0.0662. The van der Waals surface area contributed by atoms with Crippen LogP contribution in [0.25, 0.3) is 6.08 Å². The highest BCUT2D eigenvalue weighted by Gasteiger charge is 2.22. The molecule has 0 aliphatic carbocycles. The Morgan fingerprint density at radius 2 is 1.90 bits per heavy atom. The van der Waals surface area contributed by atoms with Crippen LogP contribution in [0.5, 0.6) is 0 Å². The minimum atomic E-state index is -0.271. The molecule has 30 heavy (non-hydrogen) atoms. The molecule has 4 rings (SSSR count). The van der Waals surface area contributed by atoms with E-state index in [9.17, 15) is 9.59 Å². The van der Waals surface area contributed by atoms with E-state index in [1.54, 1.807) is 6.08 Å². The number of aromatic nitrogens is 2. The molecule has 6 nitrogen and oxygen atoms in total. The third-order valence-electron chi connectivity index (χ3n) is 4.59. The van der Waals surface area contributed by atoms with Crippen molar-refractivity contribution in [2.75, 3.05) is 22.5 Å². The Hall–Kier alpha value is -2.97. The number of benzene rings is 2. The predicted octanol–water partition coefficient (Wildman–Crippen LogP) is 4.26. The zero-order valence-corrected chi connectivity index (χ0v) is 17.8. The second-order valence-electron chi connectivity index (χ2n) is 6.67. The fourth-order valence-electron chi connectivity index (χ4n) is 3.20. The standard InChI is InChI=1S/C22H20N4O2S2/c27-19(13-12-16-7-2-1-3-8-16)23-21-24-25-22(30-21)29-15-20(28)26-14-6-10-17-9-4-5-11-18(17)26/h1-5,7-9,11-13H,6,10,14-15H2,(H,23,24,27). The first-order chi connectivity index (χ1) is 14.7. The van der Waals surface area contributed by atoms with Gasteiger partial charge in [-0.25, -0.2) is 0 Å². The molecule has 1 aromatic heterocycles. The van der Waals surface area contributed by atoms with Gasteiger partial charge in [-0.2, -0.15) is 0 Å². The highest BCUT2D eigenvalue weighted by atomic mass is 32.2. The molecule has 0 bridgehead atoms. The molecule has 2 heterocycles. The number of para-hydroxylation sites is 1. The van der Waals surface area contributed by atoms with Crippen LogP contribution in [0.4, 0.5) is 10.8 Å². The number of amides is 2. The molecular formula is C22H20N4O2S2. The normalized spacial score (nSPS) is 13.3. The second-order valence-corrected chi connectivity index (χ2v) is 8.87. The first-order valence-corrected chi connectivity index (χ1v) is 11.4. The van der Waals surface area contributed by atoms with Gasteiger partial charge in [-0.3, -0.25) is 14.9 Å². The highest BCUT2D eigenvalue weighted by molar-refractivity contribution is 8.01. The van der Waals surface area contributed by atoms with Gasteiger partial charge in [-0.05, 0) is 36.1 Å². The fraction of sp³-hybridized carbons (Fsp3) is 0.182. The van der Waals surface area contributed by atoms with Crippen LogP contribution in [0.3, 0.4) is 0 Å². The summed E-state index contributed by atoms with van der Waals surface area (Å²) >= 11 is 2.60. The second kappa shape index (κ2) is 9.69. The Labute approximate surface area is 183 Å². The minimum Gasteiger partial charge on any atom is -0.311 e. The van der Waals surface area contributed by atoms with Gasteiger partial charge in [0, 0.05) is 18.3 Å². The van der Waals surface area contributed by atoms with Gasteiger partial charge in [0.15, 0.2) is 4.34 Å². The van der Waals surface area contributed by atoms with Crippen molar-refractivity contribution < 1.29 is 9.59 Å². The molecule has 0 radical (unpaired) electrons. The molecule has 3 aromatic rings. The van der Waals surface area contributed by atoms with Gasteiger partial charge < -0.3 is 4.90 Å². The molecule has 0 unspecified atom stereocenters. The number of nitrogens with one attached hydrogen (secondary N) is 1. The fourth-order valence-corrected chi connectivity index (χ4v) is 4.83. The lowest BCUT2D eigenvalue weighted by Crippen LogP contribution is -2.36. The van der Waals surface area contributed by atoms with Gasteiger partial charge >= 0.3 is 0 Å². The first kappa shape index (κ1) is 20.3. The van der Waals surface area contributed by atoms with E-state index in [1.807, 2.05) is 53.4 Å². The number of aryl methyl sites for hydroxylation is 1. The van der Waals surface area contributed by atoms with E-state index >= 15 is 0 Å². The van der Waals surface area contributed by atoms with E-state index in [0.717, 1.165) is 30.6 Å². The zero-order valence-electron chi connectivity index (χ0n) is 16.2. The van der Waals surface area contributed by atoms with Gasteiger partial charge in [0.25, 0.3) is 0 Å². The summed E-state index contributed by atoms with van der Waals surface area (Å²) in [6.45, 7) is 0.738. The largest absolute Gasteiger partial charge is 0.311 e. The number of hydrogen-bond acceptors (Lipinski definition) is 6. The third kappa shape index (κ3) is 5.14. The summed E-state index contributed by atoms with van der Waals surface area (Å²) in [6, 6.07) is 17.6. The van der Waals surface area contributed by atoms with Gasteiger partial charge in [0.05, 0.1) is 5.75 Å². The van der Waals surface area contributed by atoms with Crippen LogP contribution in [0.1, 0.15) is 17.5 Å². The number of carbonyl (C=O) groups is 2. The van der Waals surface area contributed by atoms with Crippen LogP contribution in [0.15, 0.2) is 65.0 Å². The molecule has 8 heteroatoms. The summed E-state index contributed by atoms with van der Waals surface area (Å²) in [4.78, 5) is 26.6. The summed E-state index contributed by atoms with van der Waals surface area (Å²) in [5.41, 5.74) is 3.16. The lowest BCUT2D eigenvalue weighted by molar-refractivity contribution is -0.116. The quantitative estimate of drug-likeness (QED) is 0.355. The predicted molar refractivity (Wildman–Crippen MR) is 122 cm³/mol. The van der Waals surface area contributed by atoms with Crippen molar-refractivity contribution in [1.82, 2.24) is 10.2 Å². The molecule has 0 atom stereocenters. The number of thioether (sulfide) groups is 1. The Morgan fingerprint density at radius 3 is 2.77 bits per heavy atom. The van der Waals surface area contributed by atoms with Crippen molar-refractivity contribution in [2.24, 2.45) is 0 Å². The highest BCUT2D eigenvalue weighted by Crippen LogP contribution is 2.29. The average molecular weight is 437 g/mol. The molecule has 152 valence electrons. The molecule has 2 amide bonds. The van der Waals surface area contributed by atoms with Crippen LogP contribution in [0, 0.1) is 0 Å². The topological polar surface area (TPSA) is 75.2 Å². The van der Waals surface area contributed by atoms with E-state index in [0.29, 0.717) is 9.47 Å². The number of fused-ring (bicyclic) bond motifs is 1. The summed E-state index contributed by atoms with van der Waals surface area (Å²) in [5, 5.41) is 11.2. The van der Waals surface area contributed by atoms with E-state index in [1.165, 1.54) is 34.7 Å². The number of rotatable bonds is 6. The molecule has 0 saturated carbocycles. The first-order valence-electron chi connectivity index (χ1n) is 9.58. The number of hydrogen-bond donors (Lipinski definition) is 1. The SMILES string of the molecule is O=C(C=Cc1ccccc1)Nc1nnc(SCC(=O)N2CCCc3ccccc32)s1. The average Bonchev–Trinajstić information content (AvgIpc) is 3.23. The molecule has 0 saturated heterocycles. The maximum Gasteiger partial charge on any atom is 0.250 e. The smallest absolute Gasteiger partial charge is 0.250 e.